The third kappa shape index (κ3) is 5.45. The number of carbonyl (C=O) groups is 4. The van der Waals surface area contributed by atoms with E-state index in [1.165, 1.54) is 11.1 Å². The SMILES string of the molecule is Cc1cc(C)c(NC(=O)[C@]2(N(Cc3ccco3)C(=O)CN3C(=O)c4ccccc4C3=O)CC[C@@H]3Cc4ccccc4C[C@@H]3C2)c(C)c1. The Morgan fingerprint density at radius 2 is 1.49 bits per heavy atom. The van der Waals surface area contributed by atoms with Gasteiger partial charge in [-0.25, -0.2) is 0 Å². The van der Waals surface area contributed by atoms with Crippen LogP contribution in [0.4, 0.5) is 5.69 Å². The van der Waals surface area contributed by atoms with Crippen LogP contribution >= 0.6 is 0 Å². The molecule has 1 saturated carbocycles. The van der Waals surface area contributed by atoms with Crippen molar-refractivity contribution in [3.8, 4) is 0 Å². The number of hydrogen-bond acceptors (Lipinski definition) is 5. The lowest BCUT2D eigenvalue weighted by Crippen LogP contribution is -2.63. The maximum Gasteiger partial charge on any atom is 0.262 e. The lowest BCUT2D eigenvalue weighted by molar-refractivity contribution is -0.151. The summed E-state index contributed by atoms with van der Waals surface area (Å²) >= 11 is 0. The summed E-state index contributed by atoms with van der Waals surface area (Å²) in [4.78, 5) is 58.9. The fourth-order valence-electron chi connectivity index (χ4n) is 8.21. The number of fused-ring (bicyclic) bond motifs is 3. The quantitative estimate of drug-likeness (QED) is 0.238. The molecule has 7 rings (SSSR count). The van der Waals surface area contributed by atoms with Crippen molar-refractivity contribution in [2.24, 2.45) is 11.8 Å². The topological polar surface area (TPSA) is 99.9 Å². The van der Waals surface area contributed by atoms with E-state index in [2.05, 4.69) is 29.6 Å². The number of carbonyl (C=O) groups excluding carboxylic acids is 4. The van der Waals surface area contributed by atoms with Gasteiger partial charge in [0.15, 0.2) is 0 Å². The van der Waals surface area contributed by atoms with Crippen molar-refractivity contribution in [2.45, 2.75) is 65.0 Å². The van der Waals surface area contributed by atoms with E-state index in [9.17, 15) is 19.2 Å². The fraction of sp³-hybridized carbons (Fsp3) is 0.333. The molecule has 3 aromatic carbocycles. The van der Waals surface area contributed by atoms with Gasteiger partial charge in [-0.3, -0.25) is 24.1 Å². The van der Waals surface area contributed by atoms with Gasteiger partial charge in [-0.15, -0.1) is 0 Å². The van der Waals surface area contributed by atoms with Crippen molar-refractivity contribution in [3.05, 3.63) is 124 Å². The van der Waals surface area contributed by atoms with Crippen molar-refractivity contribution >= 4 is 29.3 Å². The molecule has 1 fully saturated rings. The number of anilines is 1. The second-order valence-electron chi connectivity index (χ2n) is 13.5. The Kier molecular flexibility index (Phi) is 7.82. The molecule has 0 unspecified atom stereocenters. The minimum absolute atomic E-state index is 0.0300. The molecule has 240 valence electrons. The number of benzene rings is 3. The average Bonchev–Trinajstić information content (AvgIpc) is 3.66. The molecule has 4 amide bonds. The normalized spacial score (nSPS) is 21.6. The number of furan rings is 1. The Hall–Kier alpha value is -4.98. The monoisotopic (exact) mass is 629 g/mol. The predicted octanol–water partition coefficient (Wildman–Crippen LogP) is 6.42. The van der Waals surface area contributed by atoms with Gasteiger partial charge in [0, 0.05) is 5.69 Å². The third-order valence-corrected chi connectivity index (χ3v) is 10.5. The van der Waals surface area contributed by atoms with E-state index in [1.54, 1.807) is 47.6 Å². The van der Waals surface area contributed by atoms with Gasteiger partial charge in [-0.1, -0.05) is 54.1 Å². The van der Waals surface area contributed by atoms with Crippen LogP contribution < -0.4 is 5.32 Å². The van der Waals surface area contributed by atoms with E-state index in [4.69, 9.17) is 4.42 Å². The summed E-state index contributed by atoms with van der Waals surface area (Å²) in [7, 11) is 0. The zero-order valence-corrected chi connectivity index (χ0v) is 27.0. The van der Waals surface area contributed by atoms with Crippen LogP contribution in [0.3, 0.4) is 0 Å². The van der Waals surface area contributed by atoms with Gasteiger partial charge in [-0.05, 0) is 111 Å². The molecular formula is C39H39N3O5. The second-order valence-corrected chi connectivity index (χ2v) is 13.5. The molecule has 4 aromatic rings. The zero-order valence-electron chi connectivity index (χ0n) is 27.0. The Morgan fingerprint density at radius 1 is 0.872 bits per heavy atom. The van der Waals surface area contributed by atoms with Crippen LogP contribution in [0.25, 0.3) is 0 Å². The predicted molar refractivity (Wildman–Crippen MR) is 178 cm³/mol. The summed E-state index contributed by atoms with van der Waals surface area (Å²) in [6.45, 7) is 5.54. The van der Waals surface area contributed by atoms with E-state index in [1.807, 2.05) is 32.9 Å². The number of nitrogens with zero attached hydrogens (tertiary/aromatic N) is 2. The van der Waals surface area contributed by atoms with Gasteiger partial charge >= 0.3 is 0 Å². The zero-order chi connectivity index (χ0) is 32.9. The maximum absolute atomic E-state index is 14.9. The summed E-state index contributed by atoms with van der Waals surface area (Å²) in [5, 5.41) is 3.26. The van der Waals surface area contributed by atoms with Crippen LogP contribution in [-0.2, 0) is 29.0 Å². The molecule has 1 aliphatic heterocycles. The van der Waals surface area contributed by atoms with Gasteiger partial charge in [-0.2, -0.15) is 0 Å². The molecule has 47 heavy (non-hydrogen) atoms. The van der Waals surface area contributed by atoms with Gasteiger partial charge in [0.25, 0.3) is 11.8 Å². The Morgan fingerprint density at radius 3 is 2.11 bits per heavy atom. The number of hydrogen-bond donors (Lipinski definition) is 1. The van der Waals surface area contributed by atoms with Gasteiger partial charge in [0.1, 0.15) is 17.8 Å². The minimum atomic E-state index is -1.25. The number of imide groups is 1. The molecule has 0 spiro atoms. The Labute approximate surface area is 274 Å². The van der Waals surface area contributed by atoms with Crippen LogP contribution in [0.15, 0.2) is 83.5 Å². The highest BCUT2D eigenvalue weighted by Gasteiger charge is 2.53. The Bertz CT molecular complexity index is 1840. The van der Waals surface area contributed by atoms with Gasteiger partial charge < -0.3 is 14.6 Å². The highest BCUT2D eigenvalue weighted by molar-refractivity contribution is 6.22. The van der Waals surface area contributed by atoms with Crippen molar-refractivity contribution in [1.82, 2.24) is 9.80 Å². The van der Waals surface area contributed by atoms with Crippen LogP contribution in [0, 0.1) is 32.6 Å². The highest BCUT2D eigenvalue weighted by atomic mass is 16.3. The van der Waals surface area contributed by atoms with Crippen molar-refractivity contribution in [1.29, 1.82) is 0 Å². The average molecular weight is 630 g/mol. The summed E-state index contributed by atoms with van der Waals surface area (Å²) in [5.41, 5.74) is 5.67. The summed E-state index contributed by atoms with van der Waals surface area (Å²) < 4.78 is 5.74. The van der Waals surface area contributed by atoms with E-state index in [0.29, 0.717) is 24.5 Å². The first-order valence-electron chi connectivity index (χ1n) is 16.4. The maximum atomic E-state index is 14.9. The van der Waals surface area contributed by atoms with Crippen LogP contribution in [-0.4, -0.2) is 45.5 Å². The van der Waals surface area contributed by atoms with E-state index in [-0.39, 0.29) is 29.5 Å². The van der Waals surface area contributed by atoms with Crippen molar-refractivity contribution in [3.63, 3.8) is 0 Å². The molecule has 3 aliphatic rings. The standard InChI is InChI=1S/C39H39N3O5/c1-24-17-25(2)35(26(3)18-24)40-38(46)39(15-14-29-19-27-9-4-5-10-28(27)20-30(29)21-39)42(22-31-11-8-16-47-31)34(43)23-41-36(44)32-12-6-7-13-33(32)37(41)45/h4-13,16-18,29-30H,14-15,19-23H2,1-3H3,(H,40,46)/t29-,30-,39+/m1/s1. The van der Waals surface area contributed by atoms with Crippen molar-refractivity contribution < 1.29 is 23.6 Å². The van der Waals surface area contributed by atoms with E-state index < -0.39 is 29.8 Å². The third-order valence-electron chi connectivity index (χ3n) is 10.5. The minimum Gasteiger partial charge on any atom is -0.467 e. The molecular weight excluding hydrogens is 590 g/mol. The first kappa shape index (κ1) is 30.7. The number of aryl methyl sites for hydroxylation is 3. The van der Waals surface area contributed by atoms with Crippen LogP contribution in [0.1, 0.15) is 73.6 Å². The number of amides is 4. The van der Waals surface area contributed by atoms with Gasteiger partial charge in [0.2, 0.25) is 11.8 Å². The molecule has 0 bridgehead atoms. The Balaban J connectivity index is 1.29. The molecule has 2 heterocycles. The first-order valence-corrected chi connectivity index (χ1v) is 16.4. The lowest BCUT2D eigenvalue weighted by atomic mass is 9.62. The molecule has 1 aromatic heterocycles. The molecule has 0 radical (unpaired) electrons. The lowest BCUT2D eigenvalue weighted by Gasteiger charge is -2.51. The molecule has 3 atom stereocenters. The van der Waals surface area contributed by atoms with Crippen LogP contribution in [0.5, 0.6) is 0 Å². The smallest absolute Gasteiger partial charge is 0.262 e. The fourth-order valence-corrected chi connectivity index (χ4v) is 8.21. The second kappa shape index (κ2) is 12.0. The largest absolute Gasteiger partial charge is 0.467 e. The van der Waals surface area contributed by atoms with E-state index in [0.717, 1.165) is 46.5 Å². The van der Waals surface area contributed by atoms with Gasteiger partial charge in [0.05, 0.1) is 23.9 Å². The van der Waals surface area contributed by atoms with E-state index >= 15 is 0 Å². The molecule has 1 N–H and O–H groups in total. The molecule has 8 nitrogen and oxygen atoms in total. The summed E-state index contributed by atoms with van der Waals surface area (Å²) in [6.07, 6.45) is 4.96. The number of rotatable bonds is 7. The summed E-state index contributed by atoms with van der Waals surface area (Å²) in [6, 6.07) is 22.7. The van der Waals surface area contributed by atoms with Crippen molar-refractivity contribution in [2.75, 3.05) is 11.9 Å². The first-order chi connectivity index (χ1) is 22.6. The summed E-state index contributed by atoms with van der Waals surface area (Å²) in [5.74, 6) is -0.680. The molecule has 0 saturated heterocycles. The highest BCUT2D eigenvalue weighted by Crippen LogP contribution is 2.47. The number of nitrogens with one attached hydrogen (secondary N) is 1. The van der Waals surface area contributed by atoms with Crippen LogP contribution in [0.2, 0.25) is 0 Å². The molecule has 2 aliphatic carbocycles. The molecule has 8 heteroatoms.